The molecule has 0 unspecified atom stereocenters. The minimum absolute atomic E-state index is 0.105. The molecule has 0 aliphatic carbocycles. The van der Waals surface area contributed by atoms with Crippen molar-refractivity contribution in [2.24, 2.45) is 0 Å². The lowest BCUT2D eigenvalue weighted by molar-refractivity contribution is -0.118. The number of hydrogen-bond acceptors (Lipinski definition) is 2. The van der Waals surface area contributed by atoms with Crippen molar-refractivity contribution in [3.05, 3.63) is 18.2 Å². The Labute approximate surface area is 136 Å². The van der Waals surface area contributed by atoms with E-state index in [4.69, 9.17) is 23.2 Å². The lowest BCUT2D eigenvalue weighted by Crippen LogP contribution is -2.29. The predicted octanol–water partition coefficient (Wildman–Crippen LogP) is 2.22. The number of amides is 2. The van der Waals surface area contributed by atoms with E-state index in [1.54, 1.807) is 13.1 Å². The number of nitrogens with one attached hydrogen (secondary N) is 1. The molecule has 0 aliphatic heterocycles. The second kappa shape index (κ2) is 8.95. The Morgan fingerprint density at radius 3 is 2.48 bits per heavy atom. The monoisotopic (exact) mass is 327 g/mol. The smallest absolute Gasteiger partial charge is 0.227 e. The molecule has 0 aromatic heterocycles. The van der Waals surface area contributed by atoms with Crippen LogP contribution in [0.25, 0.3) is 0 Å². The molecule has 0 atom stereocenters. The molecule has 0 saturated heterocycles. The van der Waals surface area contributed by atoms with Crippen LogP contribution < -0.4 is 15.7 Å². The first kappa shape index (κ1) is 17.9. The molecule has 0 spiro atoms. The van der Waals surface area contributed by atoms with Crippen molar-refractivity contribution in [3.8, 4) is 0 Å². The molecule has 2 amide bonds. The van der Waals surface area contributed by atoms with Gasteiger partial charge < -0.3 is 10.2 Å². The second-order valence-corrected chi connectivity index (χ2v) is 5.20. The van der Waals surface area contributed by atoms with Gasteiger partial charge in [0, 0.05) is 31.6 Å². The molecule has 0 bridgehead atoms. The summed E-state index contributed by atoms with van der Waals surface area (Å²) in [7, 11) is 3.59. The van der Waals surface area contributed by atoms with E-state index in [0.717, 1.165) is 5.46 Å². The van der Waals surface area contributed by atoms with E-state index < -0.39 is 0 Å². The van der Waals surface area contributed by atoms with Gasteiger partial charge in [0.2, 0.25) is 11.8 Å². The predicted molar refractivity (Wildman–Crippen MR) is 90.4 cm³/mol. The molecule has 1 radical (unpaired) electrons. The fourth-order valence-electron chi connectivity index (χ4n) is 1.79. The summed E-state index contributed by atoms with van der Waals surface area (Å²) in [6.07, 6.45) is 0.467. The fourth-order valence-corrected chi connectivity index (χ4v) is 2.13. The third-order valence-electron chi connectivity index (χ3n) is 2.99. The van der Waals surface area contributed by atoms with Crippen molar-refractivity contribution in [2.45, 2.75) is 19.7 Å². The lowest BCUT2D eigenvalue weighted by atomic mass is 9.73. The third kappa shape index (κ3) is 5.25. The molecular weight excluding hydrogens is 310 g/mol. The van der Waals surface area contributed by atoms with Crippen LogP contribution in [0, 0.1) is 0 Å². The summed E-state index contributed by atoms with van der Waals surface area (Å²) in [5.41, 5.74) is 2.19. The average molecular weight is 328 g/mol. The maximum Gasteiger partial charge on any atom is 0.227 e. The number of carbonyl (C=O) groups excluding carboxylic acids is 2. The van der Waals surface area contributed by atoms with Crippen molar-refractivity contribution < 1.29 is 9.59 Å². The first-order valence-corrected chi connectivity index (χ1v) is 7.72. The molecule has 21 heavy (non-hydrogen) atoms. The van der Waals surface area contributed by atoms with Crippen molar-refractivity contribution in [3.63, 3.8) is 0 Å². The number of nitrogens with zero attached hydrogens (tertiary/aromatic N) is 1. The van der Waals surface area contributed by atoms with E-state index in [0.29, 0.717) is 11.4 Å². The standard InChI is InChI=1S/C14H18BCl2N2O2/c1-15-10-3-4-11(18-13(20)5-7-16)12(9-10)19(2)14(21)6-8-17/h3-4,9H,5-8H2,1-2H3,(H,18,20). The Bertz CT molecular complexity index is 512. The fraction of sp³-hybridized carbons (Fsp3) is 0.429. The number of hydrogen-bond donors (Lipinski definition) is 1. The zero-order valence-corrected chi connectivity index (χ0v) is 13.7. The van der Waals surface area contributed by atoms with E-state index in [2.05, 4.69) is 5.32 Å². The van der Waals surface area contributed by atoms with E-state index in [-0.39, 0.29) is 36.4 Å². The number of benzene rings is 1. The molecule has 0 fully saturated rings. The van der Waals surface area contributed by atoms with Crippen molar-refractivity contribution in [2.75, 3.05) is 29.0 Å². The summed E-state index contributed by atoms with van der Waals surface area (Å²) in [5, 5.41) is 2.78. The van der Waals surface area contributed by atoms with Gasteiger partial charge in [0.05, 0.1) is 11.4 Å². The van der Waals surface area contributed by atoms with Gasteiger partial charge in [0.15, 0.2) is 0 Å². The van der Waals surface area contributed by atoms with Gasteiger partial charge in [-0.3, -0.25) is 9.59 Å². The summed E-state index contributed by atoms with van der Waals surface area (Å²) in [4.78, 5) is 25.2. The molecule has 4 nitrogen and oxygen atoms in total. The Hall–Kier alpha value is -1.20. The highest BCUT2D eigenvalue weighted by molar-refractivity contribution is 6.52. The normalized spacial score (nSPS) is 10.1. The summed E-state index contributed by atoms with van der Waals surface area (Å²) in [6, 6.07) is 5.50. The van der Waals surface area contributed by atoms with E-state index in [9.17, 15) is 9.59 Å². The molecule has 7 heteroatoms. The summed E-state index contributed by atoms with van der Waals surface area (Å²) < 4.78 is 0. The maximum atomic E-state index is 12.0. The average Bonchev–Trinajstić information content (AvgIpc) is 2.47. The van der Waals surface area contributed by atoms with Crippen LogP contribution in [0.1, 0.15) is 12.8 Å². The highest BCUT2D eigenvalue weighted by atomic mass is 35.5. The number of rotatable bonds is 7. The molecule has 1 N–H and O–H groups in total. The Morgan fingerprint density at radius 2 is 1.90 bits per heavy atom. The maximum absolute atomic E-state index is 12.0. The Balaban J connectivity index is 3.07. The van der Waals surface area contributed by atoms with Gasteiger partial charge in [-0.15, -0.1) is 23.2 Å². The largest absolute Gasteiger partial charge is 0.324 e. The number of halogens is 2. The van der Waals surface area contributed by atoms with Gasteiger partial charge in [0.1, 0.15) is 7.28 Å². The number of anilines is 2. The van der Waals surface area contributed by atoms with Gasteiger partial charge in [-0.25, -0.2) is 0 Å². The van der Waals surface area contributed by atoms with Crippen LogP contribution in [0.15, 0.2) is 18.2 Å². The molecular formula is C14H18BCl2N2O2. The zero-order valence-electron chi connectivity index (χ0n) is 12.2. The molecule has 0 aliphatic rings. The molecule has 113 valence electrons. The zero-order chi connectivity index (χ0) is 15.8. The van der Waals surface area contributed by atoms with Crippen LogP contribution >= 0.6 is 23.2 Å². The Kier molecular flexibility index (Phi) is 7.61. The minimum atomic E-state index is -0.183. The highest BCUT2D eigenvalue weighted by Gasteiger charge is 2.16. The summed E-state index contributed by atoms with van der Waals surface area (Å²) >= 11 is 11.2. The van der Waals surface area contributed by atoms with Crippen LogP contribution in [-0.2, 0) is 9.59 Å². The highest BCUT2D eigenvalue weighted by Crippen LogP contribution is 2.24. The van der Waals surface area contributed by atoms with Gasteiger partial charge in [-0.1, -0.05) is 18.4 Å². The van der Waals surface area contributed by atoms with E-state index in [1.807, 2.05) is 26.2 Å². The molecule has 0 heterocycles. The van der Waals surface area contributed by atoms with Gasteiger partial charge >= 0.3 is 0 Å². The van der Waals surface area contributed by atoms with Gasteiger partial charge in [-0.2, -0.15) is 0 Å². The van der Waals surface area contributed by atoms with E-state index in [1.165, 1.54) is 4.90 Å². The number of carbonyl (C=O) groups is 2. The summed E-state index contributed by atoms with van der Waals surface area (Å²) in [6.45, 7) is 1.91. The second-order valence-electron chi connectivity index (χ2n) is 4.44. The first-order chi connectivity index (χ1) is 10.0. The van der Waals surface area contributed by atoms with Crippen molar-refractivity contribution in [1.82, 2.24) is 0 Å². The minimum Gasteiger partial charge on any atom is -0.324 e. The van der Waals surface area contributed by atoms with Gasteiger partial charge in [0.25, 0.3) is 0 Å². The number of alkyl halides is 2. The van der Waals surface area contributed by atoms with Crippen LogP contribution in [0.2, 0.25) is 6.82 Å². The Morgan fingerprint density at radius 1 is 1.24 bits per heavy atom. The SMILES string of the molecule is C[B]c1ccc(NC(=O)CCCl)c(N(C)C(=O)CCCl)c1. The quantitative estimate of drug-likeness (QED) is 0.616. The summed E-state index contributed by atoms with van der Waals surface area (Å²) in [5.74, 6) is 0.225. The van der Waals surface area contributed by atoms with Crippen LogP contribution in [0.3, 0.4) is 0 Å². The molecule has 0 saturated carbocycles. The van der Waals surface area contributed by atoms with Crippen molar-refractivity contribution >= 4 is 59.1 Å². The van der Waals surface area contributed by atoms with Gasteiger partial charge in [-0.05, 0) is 12.1 Å². The third-order valence-corrected chi connectivity index (χ3v) is 3.37. The van der Waals surface area contributed by atoms with Crippen molar-refractivity contribution in [1.29, 1.82) is 0 Å². The molecule has 1 rings (SSSR count). The lowest BCUT2D eigenvalue weighted by Gasteiger charge is -2.21. The van der Waals surface area contributed by atoms with Crippen LogP contribution in [0.5, 0.6) is 0 Å². The van der Waals surface area contributed by atoms with Crippen LogP contribution in [-0.4, -0.2) is 37.9 Å². The van der Waals surface area contributed by atoms with Crippen LogP contribution in [0.4, 0.5) is 11.4 Å². The topological polar surface area (TPSA) is 49.4 Å². The molecule has 1 aromatic rings. The first-order valence-electron chi connectivity index (χ1n) is 6.65. The molecule has 1 aromatic carbocycles. The van der Waals surface area contributed by atoms with E-state index >= 15 is 0 Å².